The lowest BCUT2D eigenvalue weighted by Crippen LogP contribution is -2.27. The molecule has 0 bridgehead atoms. The normalized spacial score (nSPS) is 13.9. The Balaban J connectivity index is 2.85. The fourth-order valence-electron chi connectivity index (χ4n) is 1.95. The summed E-state index contributed by atoms with van der Waals surface area (Å²) >= 11 is 1.69. The molecule has 0 saturated carbocycles. The van der Waals surface area contributed by atoms with Gasteiger partial charge < -0.3 is 10.5 Å². The van der Waals surface area contributed by atoms with Crippen molar-refractivity contribution in [3.8, 4) is 0 Å². The zero-order chi connectivity index (χ0) is 12.9. The molecule has 0 spiro atoms. The molecule has 4 heteroatoms. The van der Waals surface area contributed by atoms with Crippen molar-refractivity contribution in [1.29, 1.82) is 0 Å². The topological polar surface area (TPSA) is 48.1 Å². The SMILES string of the molecule is CCC(N)Cc1csc(C(CC)(CC)OC)n1. The highest BCUT2D eigenvalue weighted by molar-refractivity contribution is 7.09. The standard InChI is InChI=1S/C13H24N2OS/c1-5-10(14)8-11-9-17-12(15-11)13(6-2,7-3)16-4/h9-10H,5-8,14H2,1-4H3. The van der Waals surface area contributed by atoms with Gasteiger partial charge in [-0.25, -0.2) is 4.98 Å². The summed E-state index contributed by atoms with van der Waals surface area (Å²) < 4.78 is 5.68. The second-order valence-electron chi connectivity index (χ2n) is 4.42. The molecule has 98 valence electrons. The first-order chi connectivity index (χ1) is 8.11. The van der Waals surface area contributed by atoms with Gasteiger partial charge in [0.15, 0.2) is 0 Å². The van der Waals surface area contributed by atoms with Crippen molar-refractivity contribution in [1.82, 2.24) is 4.98 Å². The van der Waals surface area contributed by atoms with Crippen molar-refractivity contribution >= 4 is 11.3 Å². The molecule has 0 aliphatic heterocycles. The molecule has 1 rings (SSSR count). The van der Waals surface area contributed by atoms with Crippen LogP contribution in [0.2, 0.25) is 0 Å². The van der Waals surface area contributed by atoms with Crippen LogP contribution in [-0.2, 0) is 16.8 Å². The third-order valence-electron chi connectivity index (χ3n) is 3.47. The minimum atomic E-state index is -0.209. The molecule has 0 fully saturated rings. The lowest BCUT2D eigenvalue weighted by molar-refractivity contribution is -0.0219. The van der Waals surface area contributed by atoms with E-state index in [9.17, 15) is 0 Å². The van der Waals surface area contributed by atoms with Gasteiger partial charge in [0.2, 0.25) is 0 Å². The molecule has 1 atom stereocenters. The van der Waals surface area contributed by atoms with Crippen molar-refractivity contribution in [2.75, 3.05) is 7.11 Å². The molecule has 1 heterocycles. The zero-order valence-electron chi connectivity index (χ0n) is 11.3. The van der Waals surface area contributed by atoms with E-state index in [1.807, 2.05) is 0 Å². The van der Waals surface area contributed by atoms with Crippen LogP contribution in [0.4, 0.5) is 0 Å². The fraction of sp³-hybridized carbons (Fsp3) is 0.769. The largest absolute Gasteiger partial charge is 0.371 e. The van der Waals surface area contributed by atoms with Crippen LogP contribution in [0.3, 0.4) is 0 Å². The predicted octanol–water partition coefficient (Wildman–Crippen LogP) is 3.08. The predicted molar refractivity (Wildman–Crippen MR) is 73.4 cm³/mol. The van der Waals surface area contributed by atoms with E-state index in [-0.39, 0.29) is 11.6 Å². The Morgan fingerprint density at radius 1 is 1.41 bits per heavy atom. The summed E-state index contributed by atoms with van der Waals surface area (Å²) in [6.07, 6.45) is 3.75. The van der Waals surface area contributed by atoms with Gasteiger partial charge in [-0.1, -0.05) is 20.8 Å². The summed E-state index contributed by atoms with van der Waals surface area (Å²) in [4.78, 5) is 4.70. The molecule has 1 aromatic heterocycles. The van der Waals surface area contributed by atoms with Crippen LogP contribution >= 0.6 is 11.3 Å². The van der Waals surface area contributed by atoms with Gasteiger partial charge in [0, 0.05) is 25.0 Å². The number of thiazole rings is 1. The van der Waals surface area contributed by atoms with Crippen LogP contribution < -0.4 is 5.73 Å². The summed E-state index contributed by atoms with van der Waals surface area (Å²) in [7, 11) is 1.77. The molecule has 0 radical (unpaired) electrons. The molecule has 0 saturated heterocycles. The van der Waals surface area contributed by atoms with E-state index in [1.165, 1.54) is 0 Å². The second kappa shape index (κ2) is 6.47. The van der Waals surface area contributed by atoms with Crippen molar-refractivity contribution < 1.29 is 4.74 Å². The molecule has 3 nitrogen and oxygen atoms in total. The van der Waals surface area contributed by atoms with Crippen LogP contribution in [0.15, 0.2) is 5.38 Å². The lowest BCUT2D eigenvalue weighted by Gasteiger charge is -2.27. The van der Waals surface area contributed by atoms with Gasteiger partial charge >= 0.3 is 0 Å². The first-order valence-electron chi connectivity index (χ1n) is 6.37. The lowest BCUT2D eigenvalue weighted by atomic mass is 9.98. The van der Waals surface area contributed by atoms with E-state index < -0.39 is 0 Å². The number of hydrogen-bond acceptors (Lipinski definition) is 4. The van der Waals surface area contributed by atoms with E-state index in [2.05, 4.69) is 26.2 Å². The molecule has 2 N–H and O–H groups in total. The van der Waals surface area contributed by atoms with Gasteiger partial charge in [-0.15, -0.1) is 11.3 Å². The summed E-state index contributed by atoms with van der Waals surface area (Å²) in [5, 5.41) is 3.20. The van der Waals surface area contributed by atoms with Gasteiger partial charge in [0.1, 0.15) is 10.6 Å². The van der Waals surface area contributed by atoms with E-state index >= 15 is 0 Å². The second-order valence-corrected chi connectivity index (χ2v) is 5.28. The number of rotatable bonds is 7. The molecule has 0 aliphatic rings. The quantitative estimate of drug-likeness (QED) is 0.815. The first kappa shape index (κ1) is 14.6. The number of methoxy groups -OCH3 is 1. The van der Waals surface area contributed by atoms with E-state index in [0.717, 1.165) is 36.4 Å². The number of aromatic nitrogens is 1. The van der Waals surface area contributed by atoms with Crippen molar-refractivity contribution in [2.45, 2.75) is 58.1 Å². The van der Waals surface area contributed by atoms with Crippen LogP contribution in [0.5, 0.6) is 0 Å². The fourth-order valence-corrected chi connectivity index (χ4v) is 3.10. The average Bonchev–Trinajstić information content (AvgIpc) is 2.81. The summed E-state index contributed by atoms with van der Waals surface area (Å²) in [6, 6.07) is 0.213. The van der Waals surface area contributed by atoms with Crippen molar-refractivity contribution in [3.63, 3.8) is 0 Å². The van der Waals surface area contributed by atoms with Gasteiger partial charge in [-0.05, 0) is 19.3 Å². The van der Waals surface area contributed by atoms with E-state index in [4.69, 9.17) is 15.5 Å². The molecule has 1 aromatic rings. The number of nitrogens with two attached hydrogens (primary N) is 1. The Morgan fingerprint density at radius 2 is 2.06 bits per heavy atom. The maximum Gasteiger partial charge on any atom is 0.125 e. The molecule has 0 amide bonds. The third kappa shape index (κ3) is 3.27. The van der Waals surface area contributed by atoms with Crippen molar-refractivity contribution in [3.05, 3.63) is 16.1 Å². The molecule has 0 aliphatic carbocycles. The number of ether oxygens (including phenoxy) is 1. The Bertz CT molecular complexity index is 326. The highest BCUT2D eigenvalue weighted by Gasteiger charge is 2.31. The van der Waals surface area contributed by atoms with Crippen LogP contribution in [0, 0.1) is 0 Å². The molecular formula is C13H24N2OS. The van der Waals surface area contributed by atoms with Crippen LogP contribution in [0.1, 0.15) is 50.7 Å². The van der Waals surface area contributed by atoms with Gasteiger partial charge in [0.25, 0.3) is 0 Å². The van der Waals surface area contributed by atoms with Gasteiger partial charge in [0.05, 0.1) is 5.69 Å². The van der Waals surface area contributed by atoms with Crippen LogP contribution in [-0.4, -0.2) is 18.1 Å². The van der Waals surface area contributed by atoms with Gasteiger partial charge in [-0.2, -0.15) is 0 Å². The average molecular weight is 256 g/mol. The third-order valence-corrected chi connectivity index (χ3v) is 4.55. The first-order valence-corrected chi connectivity index (χ1v) is 7.25. The molecule has 17 heavy (non-hydrogen) atoms. The smallest absolute Gasteiger partial charge is 0.125 e. The Kier molecular flexibility index (Phi) is 5.56. The minimum Gasteiger partial charge on any atom is -0.371 e. The zero-order valence-corrected chi connectivity index (χ0v) is 12.1. The summed E-state index contributed by atoms with van der Waals surface area (Å²) in [5.74, 6) is 0. The summed E-state index contributed by atoms with van der Waals surface area (Å²) in [6.45, 7) is 6.40. The maximum atomic E-state index is 5.95. The maximum absolute atomic E-state index is 5.95. The van der Waals surface area contributed by atoms with Gasteiger partial charge in [-0.3, -0.25) is 0 Å². The van der Waals surface area contributed by atoms with Crippen LogP contribution in [0.25, 0.3) is 0 Å². The van der Waals surface area contributed by atoms with E-state index in [1.54, 1.807) is 18.4 Å². The number of nitrogens with zero attached hydrogens (tertiary/aromatic N) is 1. The number of hydrogen-bond donors (Lipinski definition) is 1. The van der Waals surface area contributed by atoms with E-state index in [0.29, 0.717) is 0 Å². The molecular weight excluding hydrogens is 232 g/mol. The summed E-state index contributed by atoms with van der Waals surface area (Å²) in [5.41, 5.74) is 6.84. The van der Waals surface area contributed by atoms with Crippen molar-refractivity contribution in [2.24, 2.45) is 5.73 Å². The Hall–Kier alpha value is -0.450. The Morgan fingerprint density at radius 3 is 2.53 bits per heavy atom. The molecule has 1 unspecified atom stereocenters. The molecule has 0 aromatic carbocycles. The highest BCUT2D eigenvalue weighted by atomic mass is 32.1. The highest BCUT2D eigenvalue weighted by Crippen LogP contribution is 2.34. The minimum absolute atomic E-state index is 0.209. The Labute approximate surface area is 108 Å². The monoisotopic (exact) mass is 256 g/mol.